The zero-order chi connectivity index (χ0) is 18.6. The van der Waals surface area contributed by atoms with Crippen molar-refractivity contribution in [2.75, 3.05) is 31.1 Å². The smallest absolute Gasteiger partial charge is 0.250 e. The van der Waals surface area contributed by atoms with Crippen molar-refractivity contribution in [1.82, 2.24) is 10.2 Å². The second-order valence-electron chi connectivity index (χ2n) is 5.98. The largest absolute Gasteiger partial charge is 0.367 e. The van der Waals surface area contributed by atoms with Gasteiger partial charge in [-0.05, 0) is 25.1 Å². The Morgan fingerprint density at radius 3 is 2.44 bits per heavy atom. The van der Waals surface area contributed by atoms with Crippen LogP contribution in [0.15, 0.2) is 18.2 Å². The molecule has 1 unspecified atom stereocenters. The summed E-state index contributed by atoms with van der Waals surface area (Å²) in [5, 5.41) is 2.65. The first-order valence-electron chi connectivity index (χ1n) is 8.26. The molecule has 0 bridgehead atoms. The van der Waals surface area contributed by atoms with E-state index in [1.807, 2.05) is 4.90 Å². The van der Waals surface area contributed by atoms with Gasteiger partial charge in [-0.2, -0.15) is 0 Å². The Morgan fingerprint density at radius 1 is 1.24 bits per heavy atom. The Hall–Kier alpha value is -2.64. The van der Waals surface area contributed by atoms with Crippen LogP contribution in [0, 0.1) is 5.82 Å². The fourth-order valence-electron chi connectivity index (χ4n) is 2.83. The van der Waals surface area contributed by atoms with Crippen molar-refractivity contribution in [2.45, 2.75) is 26.3 Å². The van der Waals surface area contributed by atoms with Crippen molar-refractivity contribution in [1.29, 1.82) is 0 Å². The van der Waals surface area contributed by atoms with Gasteiger partial charge in [0.2, 0.25) is 11.8 Å². The number of benzene rings is 1. The van der Waals surface area contributed by atoms with Gasteiger partial charge < -0.3 is 20.9 Å². The molecule has 0 aromatic heterocycles. The van der Waals surface area contributed by atoms with Gasteiger partial charge in [0.25, 0.3) is 5.91 Å². The maximum Gasteiger partial charge on any atom is 0.250 e. The highest BCUT2D eigenvalue weighted by atomic mass is 19.1. The molecule has 1 aliphatic heterocycles. The molecule has 3 N–H and O–H groups in total. The number of hydrogen-bond donors (Lipinski definition) is 2. The summed E-state index contributed by atoms with van der Waals surface area (Å²) < 4.78 is 13.4. The normalized spacial score (nSPS) is 15.6. The molecule has 1 fully saturated rings. The summed E-state index contributed by atoms with van der Waals surface area (Å²) in [5.74, 6) is -1.52. The first-order valence-corrected chi connectivity index (χ1v) is 8.26. The van der Waals surface area contributed by atoms with Crippen LogP contribution in [0.4, 0.5) is 10.1 Å². The summed E-state index contributed by atoms with van der Waals surface area (Å²) in [6, 6.07) is 3.35. The Labute approximate surface area is 145 Å². The van der Waals surface area contributed by atoms with E-state index in [0.29, 0.717) is 38.3 Å². The molecule has 3 amide bonds. The van der Waals surface area contributed by atoms with E-state index in [2.05, 4.69) is 5.32 Å². The van der Waals surface area contributed by atoms with Crippen LogP contribution in [0.1, 0.15) is 30.6 Å². The Bertz CT molecular complexity index is 672. The van der Waals surface area contributed by atoms with Crippen molar-refractivity contribution in [3.8, 4) is 0 Å². The molecule has 1 atom stereocenters. The number of anilines is 1. The molecule has 1 aromatic carbocycles. The predicted octanol–water partition coefficient (Wildman–Crippen LogP) is 0.488. The second kappa shape index (κ2) is 7.96. The van der Waals surface area contributed by atoms with Crippen LogP contribution in [0.3, 0.4) is 0 Å². The van der Waals surface area contributed by atoms with E-state index in [0.717, 1.165) is 6.07 Å². The summed E-state index contributed by atoms with van der Waals surface area (Å²) in [6.45, 7) is 5.26. The first-order chi connectivity index (χ1) is 11.8. The maximum atomic E-state index is 13.4. The van der Waals surface area contributed by atoms with E-state index in [1.165, 1.54) is 12.1 Å². The number of halogens is 1. The van der Waals surface area contributed by atoms with Crippen LogP contribution < -0.4 is 16.0 Å². The molecule has 0 spiro atoms. The third kappa shape index (κ3) is 4.46. The SMILES string of the molecule is CCC(=O)NC(C)C(=O)N1CCN(c2ccc(F)cc2C(N)=O)CC1. The van der Waals surface area contributed by atoms with E-state index in [-0.39, 0.29) is 17.4 Å². The van der Waals surface area contributed by atoms with Crippen LogP contribution >= 0.6 is 0 Å². The molecule has 1 saturated heterocycles. The average molecular weight is 350 g/mol. The molecule has 2 rings (SSSR count). The number of carbonyl (C=O) groups excluding carboxylic acids is 3. The Kier molecular flexibility index (Phi) is 5.95. The standard InChI is InChI=1S/C17H23FN4O3/c1-3-15(23)20-11(2)17(25)22-8-6-21(7-9-22)14-5-4-12(18)10-13(14)16(19)24/h4-5,10-11H,3,6-9H2,1-2H3,(H2,19,24)(H,20,23). The van der Waals surface area contributed by atoms with Crippen molar-refractivity contribution < 1.29 is 18.8 Å². The van der Waals surface area contributed by atoms with Crippen molar-refractivity contribution in [3.05, 3.63) is 29.6 Å². The van der Waals surface area contributed by atoms with Gasteiger partial charge in [-0.25, -0.2) is 4.39 Å². The molecule has 8 heteroatoms. The van der Waals surface area contributed by atoms with Crippen LogP contribution in [-0.4, -0.2) is 54.8 Å². The van der Waals surface area contributed by atoms with Crippen molar-refractivity contribution in [2.24, 2.45) is 5.73 Å². The zero-order valence-corrected chi connectivity index (χ0v) is 14.4. The lowest BCUT2D eigenvalue weighted by atomic mass is 10.1. The van der Waals surface area contributed by atoms with Crippen molar-refractivity contribution in [3.63, 3.8) is 0 Å². The maximum absolute atomic E-state index is 13.4. The highest BCUT2D eigenvalue weighted by molar-refractivity contribution is 5.98. The zero-order valence-electron chi connectivity index (χ0n) is 14.4. The minimum Gasteiger partial charge on any atom is -0.367 e. The number of carbonyl (C=O) groups is 3. The molecule has 25 heavy (non-hydrogen) atoms. The second-order valence-corrected chi connectivity index (χ2v) is 5.98. The van der Waals surface area contributed by atoms with Gasteiger partial charge in [0, 0.05) is 38.3 Å². The number of nitrogens with two attached hydrogens (primary N) is 1. The quantitative estimate of drug-likeness (QED) is 0.808. The van der Waals surface area contributed by atoms with E-state index >= 15 is 0 Å². The van der Waals surface area contributed by atoms with Crippen LogP contribution in [-0.2, 0) is 9.59 Å². The molecular formula is C17H23FN4O3. The molecule has 1 aromatic rings. The van der Waals surface area contributed by atoms with Gasteiger partial charge >= 0.3 is 0 Å². The van der Waals surface area contributed by atoms with E-state index in [1.54, 1.807) is 18.7 Å². The summed E-state index contributed by atoms with van der Waals surface area (Å²) in [5.41, 5.74) is 6.02. The number of primary amides is 1. The molecule has 1 heterocycles. The Balaban J connectivity index is 2.01. The van der Waals surface area contributed by atoms with Gasteiger partial charge in [-0.15, -0.1) is 0 Å². The Morgan fingerprint density at radius 2 is 1.88 bits per heavy atom. The third-order valence-corrected chi connectivity index (χ3v) is 4.23. The average Bonchev–Trinajstić information content (AvgIpc) is 2.60. The van der Waals surface area contributed by atoms with Gasteiger partial charge in [0.05, 0.1) is 5.56 Å². The lowest BCUT2D eigenvalue weighted by Crippen LogP contribution is -2.54. The van der Waals surface area contributed by atoms with Crippen molar-refractivity contribution >= 4 is 23.4 Å². The summed E-state index contributed by atoms with van der Waals surface area (Å²) >= 11 is 0. The van der Waals surface area contributed by atoms with E-state index < -0.39 is 17.8 Å². The third-order valence-electron chi connectivity index (χ3n) is 4.23. The number of hydrogen-bond acceptors (Lipinski definition) is 4. The summed E-state index contributed by atoms with van der Waals surface area (Å²) in [6.07, 6.45) is 0.325. The van der Waals surface area contributed by atoms with E-state index in [9.17, 15) is 18.8 Å². The lowest BCUT2D eigenvalue weighted by molar-refractivity contribution is -0.136. The minimum atomic E-state index is -0.691. The lowest BCUT2D eigenvalue weighted by Gasteiger charge is -2.37. The molecule has 0 saturated carbocycles. The molecule has 1 aliphatic rings. The predicted molar refractivity (Wildman–Crippen MR) is 91.6 cm³/mol. The number of amides is 3. The molecular weight excluding hydrogens is 327 g/mol. The van der Waals surface area contributed by atoms with Gasteiger partial charge in [0.15, 0.2) is 0 Å². The topological polar surface area (TPSA) is 95.7 Å². The number of nitrogens with one attached hydrogen (secondary N) is 1. The van der Waals surface area contributed by atoms with Gasteiger partial charge in [0.1, 0.15) is 11.9 Å². The monoisotopic (exact) mass is 350 g/mol. The highest BCUT2D eigenvalue weighted by Crippen LogP contribution is 2.23. The highest BCUT2D eigenvalue weighted by Gasteiger charge is 2.27. The van der Waals surface area contributed by atoms with Crippen LogP contribution in [0.25, 0.3) is 0 Å². The molecule has 7 nitrogen and oxygen atoms in total. The van der Waals surface area contributed by atoms with Gasteiger partial charge in [-0.3, -0.25) is 14.4 Å². The van der Waals surface area contributed by atoms with Crippen LogP contribution in [0.2, 0.25) is 0 Å². The summed E-state index contributed by atoms with van der Waals surface area (Å²) in [4.78, 5) is 38.9. The number of rotatable bonds is 5. The number of nitrogens with zero attached hydrogens (tertiary/aromatic N) is 2. The van der Waals surface area contributed by atoms with Crippen LogP contribution in [0.5, 0.6) is 0 Å². The molecule has 0 radical (unpaired) electrons. The van der Waals surface area contributed by atoms with E-state index in [4.69, 9.17) is 5.73 Å². The fraction of sp³-hybridized carbons (Fsp3) is 0.471. The first kappa shape index (κ1) is 18.7. The van der Waals surface area contributed by atoms with Gasteiger partial charge in [-0.1, -0.05) is 6.92 Å². The minimum absolute atomic E-state index is 0.128. The number of piperazine rings is 1. The summed E-state index contributed by atoms with van der Waals surface area (Å²) in [7, 11) is 0. The molecule has 0 aliphatic carbocycles. The fourth-order valence-corrected chi connectivity index (χ4v) is 2.83. The molecule has 136 valence electrons.